The predicted octanol–water partition coefficient (Wildman–Crippen LogP) is 1.04. The molecule has 7 nitrogen and oxygen atoms in total. The Morgan fingerprint density at radius 3 is 2.38 bits per heavy atom. The zero-order chi connectivity index (χ0) is 18.5. The van der Waals surface area contributed by atoms with E-state index < -0.39 is 22.0 Å². The quantitative estimate of drug-likeness (QED) is 0.724. The molecular formula is C16H24N2O5S. The molecule has 1 atom stereocenters. The normalized spacial score (nSPS) is 12.9. The summed E-state index contributed by atoms with van der Waals surface area (Å²) in [5.74, 6) is -1.82. The molecule has 0 fully saturated rings. The van der Waals surface area contributed by atoms with Crippen molar-refractivity contribution in [3.8, 4) is 0 Å². The Morgan fingerprint density at radius 1 is 1.25 bits per heavy atom. The van der Waals surface area contributed by atoms with Crippen molar-refractivity contribution in [2.45, 2.75) is 39.5 Å². The van der Waals surface area contributed by atoms with Gasteiger partial charge in [-0.15, -0.1) is 0 Å². The summed E-state index contributed by atoms with van der Waals surface area (Å²) >= 11 is 0. The average molecular weight is 356 g/mol. The SMILES string of the molecule is CC(=O)NCCN(C(C)C(=O)O)S(=O)(=O)Cc1ccc(C)c(C)c1. The van der Waals surface area contributed by atoms with E-state index >= 15 is 0 Å². The van der Waals surface area contributed by atoms with Crippen LogP contribution in [0.1, 0.15) is 30.5 Å². The molecule has 0 aliphatic carbocycles. The lowest BCUT2D eigenvalue weighted by molar-refractivity contribution is -0.140. The number of aryl methyl sites for hydroxylation is 2. The van der Waals surface area contributed by atoms with Crippen molar-refractivity contribution < 1.29 is 23.1 Å². The zero-order valence-corrected chi connectivity index (χ0v) is 15.2. The molecule has 2 N–H and O–H groups in total. The minimum atomic E-state index is -3.85. The summed E-state index contributed by atoms with van der Waals surface area (Å²) in [6.45, 7) is 6.40. The maximum atomic E-state index is 12.7. The maximum Gasteiger partial charge on any atom is 0.321 e. The molecule has 0 saturated carbocycles. The van der Waals surface area contributed by atoms with Crippen molar-refractivity contribution in [2.75, 3.05) is 13.1 Å². The van der Waals surface area contributed by atoms with E-state index in [2.05, 4.69) is 5.32 Å². The van der Waals surface area contributed by atoms with E-state index in [-0.39, 0.29) is 24.7 Å². The monoisotopic (exact) mass is 356 g/mol. The fourth-order valence-corrected chi connectivity index (χ4v) is 3.93. The van der Waals surface area contributed by atoms with Crippen LogP contribution in [0, 0.1) is 13.8 Å². The highest BCUT2D eigenvalue weighted by Crippen LogP contribution is 2.17. The smallest absolute Gasteiger partial charge is 0.321 e. The van der Waals surface area contributed by atoms with Gasteiger partial charge in [0.2, 0.25) is 15.9 Å². The molecule has 0 aliphatic heterocycles. The van der Waals surface area contributed by atoms with Crippen LogP contribution in [-0.4, -0.2) is 48.8 Å². The predicted molar refractivity (Wildman–Crippen MR) is 91.0 cm³/mol. The van der Waals surface area contributed by atoms with Gasteiger partial charge in [-0.05, 0) is 37.5 Å². The lowest BCUT2D eigenvalue weighted by atomic mass is 10.1. The summed E-state index contributed by atoms with van der Waals surface area (Å²) in [7, 11) is -3.85. The van der Waals surface area contributed by atoms with Crippen molar-refractivity contribution in [1.82, 2.24) is 9.62 Å². The third-order valence-corrected chi connectivity index (χ3v) is 5.68. The van der Waals surface area contributed by atoms with Crippen molar-refractivity contribution in [3.63, 3.8) is 0 Å². The lowest BCUT2D eigenvalue weighted by Crippen LogP contribution is -2.47. The minimum absolute atomic E-state index is 0.0547. The Balaban J connectivity index is 3.01. The molecule has 134 valence electrons. The second kappa shape index (κ2) is 8.25. The highest BCUT2D eigenvalue weighted by molar-refractivity contribution is 7.88. The number of amides is 1. The summed E-state index contributed by atoms with van der Waals surface area (Å²) < 4.78 is 26.3. The molecule has 0 spiro atoms. The Hall–Kier alpha value is -1.93. The standard InChI is InChI=1S/C16H24N2O5S/c1-11-5-6-15(9-12(11)2)10-24(22,23)18(13(3)16(20)21)8-7-17-14(4)19/h5-6,9,13H,7-8,10H2,1-4H3,(H,17,19)(H,20,21). The minimum Gasteiger partial charge on any atom is -0.480 e. The summed E-state index contributed by atoms with van der Waals surface area (Å²) in [5.41, 5.74) is 2.62. The van der Waals surface area contributed by atoms with Crippen LogP contribution in [0.3, 0.4) is 0 Å². The molecule has 1 aromatic carbocycles. The van der Waals surface area contributed by atoms with Gasteiger partial charge >= 0.3 is 5.97 Å². The number of nitrogens with one attached hydrogen (secondary N) is 1. The largest absolute Gasteiger partial charge is 0.480 e. The van der Waals surface area contributed by atoms with Crippen LogP contribution in [-0.2, 0) is 25.4 Å². The summed E-state index contributed by atoms with van der Waals surface area (Å²) in [5, 5.41) is 11.7. The highest BCUT2D eigenvalue weighted by Gasteiger charge is 2.31. The molecule has 0 bridgehead atoms. The molecular weight excluding hydrogens is 332 g/mol. The molecule has 24 heavy (non-hydrogen) atoms. The Bertz CT molecular complexity index is 715. The zero-order valence-electron chi connectivity index (χ0n) is 14.4. The van der Waals surface area contributed by atoms with Crippen molar-refractivity contribution in [1.29, 1.82) is 0 Å². The average Bonchev–Trinajstić information content (AvgIpc) is 2.46. The van der Waals surface area contributed by atoms with Crippen LogP contribution in [0.5, 0.6) is 0 Å². The van der Waals surface area contributed by atoms with Gasteiger partial charge < -0.3 is 10.4 Å². The third kappa shape index (κ3) is 5.61. The number of hydrogen-bond donors (Lipinski definition) is 2. The molecule has 1 amide bonds. The molecule has 8 heteroatoms. The summed E-state index contributed by atoms with van der Waals surface area (Å²) in [6, 6.07) is 4.12. The summed E-state index contributed by atoms with van der Waals surface area (Å²) in [6.07, 6.45) is 0. The number of nitrogens with zero attached hydrogens (tertiary/aromatic N) is 1. The molecule has 0 radical (unpaired) electrons. The van der Waals surface area contributed by atoms with Crippen molar-refractivity contribution in [2.24, 2.45) is 0 Å². The number of sulfonamides is 1. The van der Waals surface area contributed by atoms with Gasteiger partial charge in [-0.25, -0.2) is 8.42 Å². The van der Waals surface area contributed by atoms with Gasteiger partial charge in [0.15, 0.2) is 0 Å². The van der Waals surface area contributed by atoms with E-state index in [1.54, 1.807) is 12.1 Å². The van der Waals surface area contributed by atoms with Gasteiger partial charge in [-0.1, -0.05) is 18.2 Å². The highest BCUT2D eigenvalue weighted by atomic mass is 32.2. The first-order valence-electron chi connectivity index (χ1n) is 7.57. The van der Waals surface area contributed by atoms with Gasteiger partial charge in [0.25, 0.3) is 0 Å². The first-order chi connectivity index (χ1) is 11.0. The molecule has 0 saturated heterocycles. The van der Waals surface area contributed by atoms with Gasteiger partial charge in [-0.2, -0.15) is 4.31 Å². The van der Waals surface area contributed by atoms with Crippen LogP contribution >= 0.6 is 0 Å². The second-order valence-corrected chi connectivity index (χ2v) is 7.70. The van der Waals surface area contributed by atoms with E-state index in [1.807, 2.05) is 19.9 Å². The molecule has 1 aromatic rings. The first kappa shape index (κ1) is 20.1. The topological polar surface area (TPSA) is 104 Å². The van der Waals surface area contributed by atoms with Gasteiger partial charge in [0.1, 0.15) is 6.04 Å². The number of carbonyl (C=O) groups excluding carboxylic acids is 1. The number of carboxylic acids is 1. The molecule has 1 rings (SSSR count). The van der Waals surface area contributed by atoms with E-state index in [1.165, 1.54) is 13.8 Å². The van der Waals surface area contributed by atoms with Crippen LogP contribution in [0.2, 0.25) is 0 Å². The number of rotatable bonds is 8. The number of aliphatic carboxylic acids is 1. The van der Waals surface area contributed by atoms with E-state index in [0.717, 1.165) is 15.4 Å². The van der Waals surface area contributed by atoms with Crippen LogP contribution in [0.15, 0.2) is 18.2 Å². The fraction of sp³-hybridized carbons (Fsp3) is 0.500. The number of carboxylic acid groups (broad SMARTS) is 1. The van der Waals surface area contributed by atoms with E-state index in [4.69, 9.17) is 0 Å². The Morgan fingerprint density at radius 2 is 1.88 bits per heavy atom. The lowest BCUT2D eigenvalue weighted by Gasteiger charge is -2.26. The van der Waals surface area contributed by atoms with Crippen LogP contribution in [0.25, 0.3) is 0 Å². The van der Waals surface area contributed by atoms with Crippen LogP contribution in [0.4, 0.5) is 0 Å². The molecule has 1 unspecified atom stereocenters. The van der Waals surface area contributed by atoms with E-state index in [0.29, 0.717) is 5.56 Å². The third-order valence-electron chi connectivity index (χ3n) is 3.77. The molecule has 0 heterocycles. The summed E-state index contributed by atoms with van der Waals surface area (Å²) in [4.78, 5) is 22.2. The number of hydrogen-bond acceptors (Lipinski definition) is 4. The first-order valence-corrected chi connectivity index (χ1v) is 9.18. The van der Waals surface area contributed by atoms with Crippen LogP contribution < -0.4 is 5.32 Å². The van der Waals surface area contributed by atoms with Crippen molar-refractivity contribution >= 4 is 21.9 Å². The number of carbonyl (C=O) groups is 2. The van der Waals surface area contributed by atoms with Gasteiger partial charge in [0, 0.05) is 20.0 Å². The second-order valence-electron chi connectivity index (χ2n) is 5.78. The van der Waals surface area contributed by atoms with E-state index in [9.17, 15) is 23.1 Å². The number of benzene rings is 1. The Kier molecular flexibility index (Phi) is 6.92. The molecule has 0 aliphatic rings. The van der Waals surface area contributed by atoms with Gasteiger partial charge in [-0.3, -0.25) is 9.59 Å². The van der Waals surface area contributed by atoms with Crippen molar-refractivity contribution in [3.05, 3.63) is 34.9 Å². The maximum absolute atomic E-state index is 12.7. The molecule has 0 aromatic heterocycles. The Labute approximate surface area is 142 Å². The van der Waals surface area contributed by atoms with Gasteiger partial charge in [0.05, 0.1) is 5.75 Å². The fourth-order valence-electron chi connectivity index (χ4n) is 2.23.